The van der Waals surface area contributed by atoms with E-state index in [-0.39, 0.29) is 0 Å². The normalized spacial score (nSPS) is 9.74. The van der Waals surface area contributed by atoms with Gasteiger partial charge < -0.3 is 9.47 Å². The van der Waals surface area contributed by atoms with Gasteiger partial charge in [0, 0.05) is 0 Å². The fourth-order valence-electron chi connectivity index (χ4n) is 1.60. The lowest BCUT2D eigenvalue weighted by molar-refractivity contribution is 0.412. The summed E-state index contributed by atoms with van der Waals surface area (Å²) in [7, 11) is 1.63. The summed E-state index contributed by atoms with van der Waals surface area (Å²) in [6.45, 7) is 0. The molecule has 0 atom stereocenters. The molecule has 2 aromatic carbocycles. The quantitative estimate of drug-likeness (QED) is 0.765. The average Bonchev–Trinajstić information content (AvgIpc) is 2.43. The third kappa shape index (κ3) is 3.61. The monoisotopic (exact) mass is 365 g/mol. The van der Waals surface area contributed by atoms with Crippen LogP contribution in [0.25, 0.3) is 0 Å². The number of rotatable bonds is 4. The van der Waals surface area contributed by atoms with Crippen LogP contribution in [-0.4, -0.2) is 7.11 Å². The van der Waals surface area contributed by atoms with Crippen LogP contribution in [0.2, 0.25) is 0 Å². The summed E-state index contributed by atoms with van der Waals surface area (Å²) in [6.07, 6.45) is 0.415. The van der Waals surface area contributed by atoms with Crippen molar-refractivity contribution >= 4 is 22.6 Å². The number of ether oxygens (including phenoxy) is 2. The van der Waals surface area contributed by atoms with Gasteiger partial charge in [-0.1, -0.05) is 6.07 Å². The van der Waals surface area contributed by atoms with E-state index in [2.05, 4.69) is 28.7 Å². The van der Waals surface area contributed by atoms with Crippen LogP contribution in [0.15, 0.2) is 42.5 Å². The number of methoxy groups -OCH3 is 1. The lowest BCUT2D eigenvalue weighted by Gasteiger charge is -2.09. The molecule has 2 aromatic rings. The number of hydrogen-bond donors (Lipinski definition) is 0. The van der Waals surface area contributed by atoms with Crippen LogP contribution in [0.3, 0.4) is 0 Å². The fraction of sp³-hybridized carbons (Fsp3) is 0.133. The second kappa shape index (κ2) is 6.43. The minimum Gasteiger partial charge on any atom is -0.497 e. The molecule has 0 heterocycles. The molecule has 0 spiro atoms. The first-order valence-corrected chi connectivity index (χ1v) is 6.78. The first-order valence-electron chi connectivity index (χ1n) is 5.70. The summed E-state index contributed by atoms with van der Waals surface area (Å²) in [6, 6.07) is 15.3. The van der Waals surface area contributed by atoms with Crippen molar-refractivity contribution in [2.45, 2.75) is 6.42 Å². The molecule has 0 N–H and O–H groups in total. The molecule has 0 saturated heterocycles. The lowest BCUT2D eigenvalue weighted by Crippen LogP contribution is -1.90. The summed E-state index contributed by atoms with van der Waals surface area (Å²) >= 11 is 2.21. The van der Waals surface area contributed by atoms with Crippen LogP contribution >= 0.6 is 22.6 Å². The predicted octanol–water partition coefficient (Wildman–Crippen LogP) is 4.16. The minimum atomic E-state index is 0.415. The van der Waals surface area contributed by atoms with Crippen molar-refractivity contribution in [1.82, 2.24) is 0 Å². The Morgan fingerprint density at radius 1 is 1.11 bits per heavy atom. The molecule has 96 valence electrons. The van der Waals surface area contributed by atoms with Crippen LogP contribution < -0.4 is 9.47 Å². The second-order valence-electron chi connectivity index (χ2n) is 3.88. The van der Waals surface area contributed by atoms with Crippen molar-refractivity contribution in [2.24, 2.45) is 0 Å². The lowest BCUT2D eigenvalue weighted by atomic mass is 10.2. The molecule has 0 saturated carbocycles. The van der Waals surface area contributed by atoms with E-state index in [0.29, 0.717) is 6.42 Å². The highest BCUT2D eigenvalue weighted by Gasteiger charge is 2.04. The highest BCUT2D eigenvalue weighted by atomic mass is 127. The van der Waals surface area contributed by atoms with E-state index in [1.807, 2.05) is 42.5 Å². The molecule has 0 unspecified atom stereocenters. The predicted molar refractivity (Wildman–Crippen MR) is 81.5 cm³/mol. The Bertz CT molecular complexity index is 603. The Balaban J connectivity index is 2.16. The molecule has 0 amide bonds. The van der Waals surface area contributed by atoms with Gasteiger partial charge in [-0.05, 0) is 64.6 Å². The highest BCUT2D eigenvalue weighted by molar-refractivity contribution is 14.1. The van der Waals surface area contributed by atoms with Gasteiger partial charge in [-0.3, -0.25) is 0 Å². The Morgan fingerprint density at radius 2 is 1.79 bits per heavy atom. The third-order valence-electron chi connectivity index (χ3n) is 2.57. The van der Waals surface area contributed by atoms with Crippen molar-refractivity contribution in [1.29, 1.82) is 5.26 Å². The molecule has 4 heteroatoms. The molecule has 19 heavy (non-hydrogen) atoms. The zero-order valence-electron chi connectivity index (χ0n) is 10.4. The van der Waals surface area contributed by atoms with Gasteiger partial charge in [-0.15, -0.1) is 0 Å². The van der Waals surface area contributed by atoms with Crippen LogP contribution in [0.4, 0.5) is 0 Å². The maximum Gasteiger partial charge on any atom is 0.140 e. The number of hydrogen-bond acceptors (Lipinski definition) is 3. The first-order chi connectivity index (χ1) is 9.22. The van der Waals surface area contributed by atoms with Crippen molar-refractivity contribution in [3.8, 4) is 23.3 Å². The van der Waals surface area contributed by atoms with E-state index >= 15 is 0 Å². The van der Waals surface area contributed by atoms with E-state index in [4.69, 9.17) is 14.7 Å². The van der Waals surface area contributed by atoms with Gasteiger partial charge >= 0.3 is 0 Å². The van der Waals surface area contributed by atoms with E-state index in [0.717, 1.165) is 26.4 Å². The summed E-state index contributed by atoms with van der Waals surface area (Å²) in [4.78, 5) is 0. The Kier molecular flexibility index (Phi) is 4.63. The third-order valence-corrected chi connectivity index (χ3v) is 3.41. The van der Waals surface area contributed by atoms with Crippen LogP contribution in [0.1, 0.15) is 5.56 Å². The molecular formula is C15H12INO2. The van der Waals surface area contributed by atoms with Gasteiger partial charge in [-0.2, -0.15) is 5.26 Å². The Labute approximate surface area is 125 Å². The molecule has 3 nitrogen and oxygen atoms in total. The summed E-state index contributed by atoms with van der Waals surface area (Å²) < 4.78 is 11.9. The van der Waals surface area contributed by atoms with Crippen molar-refractivity contribution in [3.05, 3.63) is 51.6 Å². The molecule has 0 aliphatic rings. The van der Waals surface area contributed by atoms with Gasteiger partial charge in [0.25, 0.3) is 0 Å². The number of benzene rings is 2. The SMILES string of the molecule is COc1ccc(Oc2ccc(CC#N)cc2I)cc1. The largest absolute Gasteiger partial charge is 0.497 e. The van der Waals surface area contributed by atoms with Crippen molar-refractivity contribution in [2.75, 3.05) is 7.11 Å². The molecule has 0 bridgehead atoms. The number of nitrogens with zero attached hydrogens (tertiary/aromatic N) is 1. The van der Waals surface area contributed by atoms with Gasteiger partial charge in [0.05, 0.1) is 23.2 Å². The van der Waals surface area contributed by atoms with Gasteiger partial charge in [-0.25, -0.2) is 0 Å². The zero-order chi connectivity index (χ0) is 13.7. The molecular weight excluding hydrogens is 353 g/mol. The zero-order valence-corrected chi connectivity index (χ0v) is 12.5. The van der Waals surface area contributed by atoms with Crippen LogP contribution in [0, 0.1) is 14.9 Å². The Hall–Kier alpha value is -1.74. The minimum absolute atomic E-state index is 0.415. The summed E-state index contributed by atoms with van der Waals surface area (Å²) in [5.41, 5.74) is 0.994. The van der Waals surface area contributed by atoms with E-state index in [1.54, 1.807) is 7.11 Å². The summed E-state index contributed by atoms with van der Waals surface area (Å²) in [5, 5.41) is 8.67. The van der Waals surface area contributed by atoms with E-state index in [1.165, 1.54) is 0 Å². The van der Waals surface area contributed by atoms with Crippen LogP contribution in [0.5, 0.6) is 17.2 Å². The van der Waals surface area contributed by atoms with E-state index < -0.39 is 0 Å². The maximum atomic E-state index is 8.67. The second-order valence-corrected chi connectivity index (χ2v) is 5.04. The van der Waals surface area contributed by atoms with E-state index in [9.17, 15) is 0 Å². The van der Waals surface area contributed by atoms with Gasteiger partial charge in [0.2, 0.25) is 0 Å². The molecule has 0 radical (unpaired) electrons. The molecule has 2 rings (SSSR count). The number of nitriles is 1. The first kappa shape index (κ1) is 13.7. The van der Waals surface area contributed by atoms with Crippen molar-refractivity contribution in [3.63, 3.8) is 0 Å². The average molecular weight is 365 g/mol. The van der Waals surface area contributed by atoms with Gasteiger partial charge in [0.1, 0.15) is 17.2 Å². The molecule has 0 aliphatic carbocycles. The topological polar surface area (TPSA) is 42.2 Å². The van der Waals surface area contributed by atoms with Gasteiger partial charge in [0.15, 0.2) is 0 Å². The standard InChI is InChI=1S/C15H12INO2/c1-18-12-3-5-13(6-4-12)19-15-7-2-11(8-9-17)10-14(15)16/h2-7,10H,8H2,1H3. The molecule has 0 aromatic heterocycles. The van der Waals surface area contributed by atoms with Crippen molar-refractivity contribution < 1.29 is 9.47 Å². The van der Waals surface area contributed by atoms with Crippen LogP contribution in [-0.2, 0) is 6.42 Å². The highest BCUT2D eigenvalue weighted by Crippen LogP contribution is 2.28. The fourth-order valence-corrected chi connectivity index (χ4v) is 2.29. The molecule has 0 aliphatic heterocycles. The molecule has 0 fully saturated rings. The number of halogens is 1. The maximum absolute atomic E-state index is 8.67. The Morgan fingerprint density at radius 3 is 2.37 bits per heavy atom. The smallest absolute Gasteiger partial charge is 0.140 e. The summed E-state index contributed by atoms with van der Waals surface area (Å²) in [5.74, 6) is 2.34.